The summed E-state index contributed by atoms with van der Waals surface area (Å²) in [5.74, 6) is -0.530. The van der Waals surface area contributed by atoms with E-state index in [1.54, 1.807) is 24.3 Å². The summed E-state index contributed by atoms with van der Waals surface area (Å²) >= 11 is 0. The predicted molar refractivity (Wildman–Crippen MR) is 81.0 cm³/mol. The molecular weight excluding hydrogens is 266 g/mol. The van der Waals surface area contributed by atoms with Crippen LogP contribution in [0.2, 0.25) is 0 Å². The molecule has 0 aliphatic carbocycles. The maximum Gasteiger partial charge on any atom is 0.338 e. The Morgan fingerprint density at radius 3 is 2.33 bits per heavy atom. The summed E-state index contributed by atoms with van der Waals surface area (Å²) in [6, 6.07) is 14.4. The highest BCUT2D eigenvalue weighted by molar-refractivity contribution is 5.92. The highest BCUT2D eigenvalue weighted by atomic mass is 16.5. The lowest BCUT2D eigenvalue weighted by Gasteiger charge is -2.08. The van der Waals surface area contributed by atoms with E-state index in [0.717, 1.165) is 11.1 Å². The molecule has 2 aromatic carbocycles. The molecule has 0 spiro atoms. The number of anilines is 1. The van der Waals surface area contributed by atoms with E-state index in [4.69, 9.17) is 4.74 Å². The third-order valence-electron chi connectivity index (χ3n) is 3.06. The Balaban J connectivity index is 1.97. The summed E-state index contributed by atoms with van der Waals surface area (Å²) in [7, 11) is 0. The normalized spacial score (nSPS) is 10.0. The summed E-state index contributed by atoms with van der Waals surface area (Å²) in [5.41, 5.74) is 3.18. The van der Waals surface area contributed by atoms with Crippen molar-refractivity contribution in [1.29, 1.82) is 0 Å². The highest BCUT2D eigenvalue weighted by Gasteiger charge is 2.08. The third-order valence-corrected chi connectivity index (χ3v) is 3.06. The van der Waals surface area contributed by atoms with Gasteiger partial charge in [0.2, 0.25) is 5.91 Å². The van der Waals surface area contributed by atoms with Gasteiger partial charge in [0.25, 0.3) is 0 Å². The molecule has 1 amide bonds. The van der Waals surface area contributed by atoms with Gasteiger partial charge in [0.15, 0.2) is 0 Å². The van der Waals surface area contributed by atoms with Crippen LogP contribution in [0.3, 0.4) is 0 Å². The largest absolute Gasteiger partial charge is 0.457 e. The van der Waals surface area contributed by atoms with E-state index >= 15 is 0 Å². The Labute approximate surface area is 123 Å². The van der Waals surface area contributed by atoms with Crippen LogP contribution in [0.1, 0.15) is 28.4 Å². The number of nitrogens with one attached hydrogen (secondary N) is 1. The fourth-order valence-electron chi connectivity index (χ4n) is 1.89. The van der Waals surface area contributed by atoms with Crippen LogP contribution in [0, 0.1) is 6.92 Å². The summed E-state index contributed by atoms with van der Waals surface area (Å²) in [6.07, 6.45) is 0. The maximum atomic E-state index is 12.0. The summed E-state index contributed by atoms with van der Waals surface area (Å²) < 4.78 is 5.29. The van der Waals surface area contributed by atoms with Gasteiger partial charge in [-0.1, -0.05) is 24.3 Å². The fourth-order valence-corrected chi connectivity index (χ4v) is 1.89. The molecule has 0 aliphatic heterocycles. The number of benzene rings is 2. The van der Waals surface area contributed by atoms with Crippen molar-refractivity contribution in [1.82, 2.24) is 0 Å². The van der Waals surface area contributed by atoms with Crippen molar-refractivity contribution in [2.24, 2.45) is 0 Å². The molecule has 0 fully saturated rings. The lowest BCUT2D eigenvalue weighted by atomic mass is 10.1. The molecule has 0 unspecified atom stereocenters. The van der Waals surface area contributed by atoms with Crippen molar-refractivity contribution >= 4 is 17.6 Å². The van der Waals surface area contributed by atoms with Crippen LogP contribution in [0.5, 0.6) is 0 Å². The van der Waals surface area contributed by atoms with E-state index in [9.17, 15) is 9.59 Å². The Morgan fingerprint density at radius 2 is 1.71 bits per heavy atom. The zero-order valence-electron chi connectivity index (χ0n) is 12.1. The average molecular weight is 283 g/mol. The molecule has 0 aromatic heterocycles. The minimum Gasteiger partial charge on any atom is -0.457 e. The molecule has 4 nitrogen and oxygen atoms in total. The van der Waals surface area contributed by atoms with Gasteiger partial charge in [0.05, 0.1) is 5.56 Å². The maximum absolute atomic E-state index is 12.0. The van der Waals surface area contributed by atoms with Crippen LogP contribution < -0.4 is 5.32 Å². The van der Waals surface area contributed by atoms with Crippen LogP contribution in [0.15, 0.2) is 48.5 Å². The summed E-state index contributed by atoms with van der Waals surface area (Å²) in [4.78, 5) is 22.9. The van der Waals surface area contributed by atoms with Gasteiger partial charge in [-0.05, 0) is 42.3 Å². The second-order valence-corrected chi connectivity index (χ2v) is 4.76. The molecule has 0 atom stereocenters. The molecular formula is C17H17NO3. The van der Waals surface area contributed by atoms with Crippen LogP contribution >= 0.6 is 0 Å². The number of amides is 1. The fraction of sp³-hybridized carbons (Fsp3) is 0.176. The van der Waals surface area contributed by atoms with E-state index in [0.29, 0.717) is 11.3 Å². The first-order valence-electron chi connectivity index (χ1n) is 6.65. The average Bonchev–Trinajstić information content (AvgIpc) is 2.46. The zero-order chi connectivity index (χ0) is 15.2. The van der Waals surface area contributed by atoms with Gasteiger partial charge < -0.3 is 10.1 Å². The number of hydrogen-bond donors (Lipinski definition) is 1. The van der Waals surface area contributed by atoms with Crippen LogP contribution in [0.25, 0.3) is 0 Å². The quantitative estimate of drug-likeness (QED) is 0.876. The van der Waals surface area contributed by atoms with Crippen molar-refractivity contribution in [2.75, 3.05) is 5.32 Å². The lowest BCUT2D eigenvalue weighted by Crippen LogP contribution is -2.08. The molecule has 21 heavy (non-hydrogen) atoms. The molecule has 2 rings (SSSR count). The molecule has 0 saturated heterocycles. The smallest absolute Gasteiger partial charge is 0.338 e. The monoisotopic (exact) mass is 283 g/mol. The molecule has 0 radical (unpaired) electrons. The molecule has 108 valence electrons. The first kappa shape index (κ1) is 14.8. The molecule has 0 aliphatic rings. The van der Waals surface area contributed by atoms with Crippen molar-refractivity contribution in [3.8, 4) is 0 Å². The standard InChI is InChI=1S/C17H17NO3/c1-12-5-3-4-6-15(12)11-21-17(20)14-7-9-16(10-8-14)18-13(2)19/h3-10H,11H2,1-2H3,(H,18,19). The molecule has 2 aromatic rings. The van der Waals surface area contributed by atoms with Crippen molar-refractivity contribution in [3.05, 3.63) is 65.2 Å². The molecule has 0 heterocycles. The van der Waals surface area contributed by atoms with Gasteiger partial charge in [-0.3, -0.25) is 4.79 Å². The number of ether oxygens (including phenoxy) is 1. The number of carbonyl (C=O) groups is 2. The number of esters is 1. The first-order valence-corrected chi connectivity index (χ1v) is 6.65. The number of carbonyl (C=O) groups excluding carboxylic acids is 2. The van der Waals surface area contributed by atoms with Gasteiger partial charge >= 0.3 is 5.97 Å². The molecule has 1 N–H and O–H groups in total. The molecule has 0 bridgehead atoms. The summed E-state index contributed by atoms with van der Waals surface area (Å²) in [6.45, 7) is 3.66. The molecule has 4 heteroatoms. The van der Waals surface area contributed by atoms with E-state index < -0.39 is 0 Å². The minimum atomic E-state index is -0.382. The number of rotatable bonds is 4. The SMILES string of the molecule is CC(=O)Nc1ccc(C(=O)OCc2ccccc2C)cc1. The van der Waals surface area contributed by atoms with Crippen molar-refractivity contribution in [2.45, 2.75) is 20.5 Å². The van der Waals surface area contributed by atoms with Crippen LogP contribution in [0.4, 0.5) is 5.69 Å². The second-order valence-electron chi connectivity index (χ2n) is 4.76. The Morgan fingerprint density at radius 1 is 1.05 bits per heavy atom. The Bertz CT molecular complexity index is 647. The highest BCUT2D eigenvalue weighted by Crippen LogP contribution is 2.13. The zero-order valence-corrected chi connectivity index (χ0v) is 12.1. The van der Waals surface area contributed by atoms with Crippen LogP contribution in [-0.2, 0) is 16.1 Å². The van der Waals surface area contributed by atoms with Gasteiger partial charge in [0.1, 0.15) is 6.61 Å². The number of hydrogen-bond acceptors (Lipinski definition) is 3. The first-order chi connectivity index (χ1) is 10.1. The van der Waals surface area contributed by atoms with Crippen molar-refractivity contribution < 1.29 is 14.3 Å². The van der Waals surface area contributed by atoms with Gasteiger partial charge in [-0.25, -0.2) is 4.79 Å². The Kier molecular flexibility index (Phi) is 4.72. The lowest BCUT2D eigenvalue weighted by molar-refractivity contribution is -0.114. The predicted octanol–water partition coefficient (Wildman–Crippen LogP) is 3.31. The van der Waals surface area contributed by atoms with E-state index in [1.165, 1.54) is 6.92 Å². The number of aryl methyl sites for hydroxylation is 1. The molecule has 0 saturated carbocycles. The van der Waals surface area contributed by atoms with E-state index in [1.807, 2.05) is 31.2 Å². The minimum absolute atomic E-state index is 0.148. The van der Waals surface area contributed by atoms with Gasteiger partial charge in [0, 0.05) is 12.6 Å². The third kappa shape index (κ3) is 4.18. The van der Waals surface area contributed by atoms with E-state index in [-0.39, 0.29) is 18.5 Å². The summed E-state index contributed by atoms with van der Waals surface area (Å²) in [5, 5.41) is 2.65. The van der Waals surface area contributed by atoms with Gasteiger partial charge in [-0.15, -0.1) is 0 Å². The van der Waals surface area contributed by atoms with Gasteiger partial charge in [-0.2, -0.15) is 0 Å². The van der Waals surface area contributed by atoms with Crippen LogP contribution in [-0.4, -0.2) is 11.9 Å². The Hall–Kier alpha value is -2.62. The van der Waals surface area contributed by atoms with E-state index in [2.05, 4.69) is 5.32 Å². The second kappa shape index (κ2) is 6.70. The topological polar surface area (TPSA) is 55.4 Å². The van der Waals surface area contributed by atoms with Crippen molar-refractivity contribution in [3.63, 3.8) is 0 Å².